The number of carbonyl (C=O) groups excluding carboxylic acids is 1. The van der Waals surface area contributed by atoms with Crippen LogP contribution in [0.5, 0.6) is 0 Å². The van der Waals surface area contributed by atoms with Crippen molar-refractivity contribution in [3.63, 3.8) is 0 Å². The van der Waals surface area contributed by atoms with Crippen molar-refractivity contribution in [2.45, 2.75) is 25.4 Å². The lowest BCUT2D eigenvalue weighted by atomic mass is 10.1. The summed E-state index contributed by atoms with van der Waals surface area (Å²) < 4.78 is 18.2. The zero-order chi connectivity index (χ0) is 15.2. The van der Waals surface area contributed by atoms with Crippen LogP contribution < -0.4 is 11.1 Å². The Morgan fingerprint density at radius 1 is 1.48 bits per heavy atom. The van der Waals surface area contributed by atoms with E-state index in [0.717, 1.165) is 25.9 Å². The molecule has 0 aromatic heterocycles. The fourth-order valence-corrected chi connectivity index (χ4v) is 2.49. The van der Waals surface area contributed by atoms with Crippen LogP contribution >= 0.6 is 0 Å². The lowest BCUT2D eigenvalue weighted by Gasteiger charge is -2.30. The molecule has 0 unspecified atom stereocenters. The summed E-state index contributed by atoms with van der Waals surface area (Å²) in [6.07, 6.45) is 2.75. The third-order valence-electron chi connectivity index (χ3n) is 3.81. The van der Waals surface area contributed by atoms with E-state index in [1.165, 1.54) is 18.2 Å². The smallest absolute Gasteiger partial charge is 0.225 e. The zero-order valence-corrected chi connectivity index (χ0v) is 12.3. The zero-order valence-electron chi connectivity index (χ0n) is 12.3. The maximum atomic E-state index is 12.9. The molecule has 0 spiro atoms. The predicted molar refractivity (Wildman–Crippen MR) is 80.5 cm³/mol. The summed E-state index contributed by atoms with van der Waals surface area (Å²) in [6, 6.07) is 3.96. The number of benzene rings is 1. The van der Waals surface area contributed by atoms with E-state index in [0.29, 0.717) is 24.8 Å². The van der Waals surface area contributed by atoms with E-state index in [-0.39, 0.29) is 11.6 Å². The number of nitrogens with two attached hydrogens (primary N) is 1. The van der Waals surface area contributed by atoms with Crippen LogP contribution in [0.15, 0.2) is 18.2 Å². The summed E-state index contributed by atoms with van der Waals surface area (Å²) in [4.78, 5) is 14.2. The standard InChI is InChI=1S/C15H22FN3O2/c1-21-12-4-7-19(8-5-12)9-6-15(20)18-14-3-2-11(16)10-13(14)17/h2-3,10,12H,4-9,17H2,1H3,(H,18,20). The molecule has 0 bridgehead atoms. The van der Waals surface area contributed by atoms with Gasteiger partial charge in [-0.15, -0.1) is 0 Å². The molecule has 21 heavy (non-hydrogen) atoms. The van der Waals surface area contributed by atoms with Crippen molar-refractivity contribution in [3.05, 3.63) is 24.0 Å². The molecular weight excluding hydrogens is 273 g/mol. The summed E-state index contributed by atoms with van der Waals surface area (Å²) in [6.45, 7) is 2.61. The van der Waals surface area contributed by atoms with Gasteiger partial charge in [0.15, 0.2) is 0 Å². The van der Waals surface area contributed by atoms with Gasteiger partial charge in [0, 0.05) is 33.2 Å². The highest BCUT2D eigenvalue weighted by atomic mass is 19.1. The Bertz CT molecular complexity index is 488. The van der Waals surface area contributed by atoms with Crippen LogP contribution in [-0.4, -0.2) is 43.7 Å². The maximum Gasteiger partial charge on any atom is 0.225 e. The Labute approximate surface area is 124 Å². The number of anilines is 2. The number of carbonyl (C=O) groups is 1. The van der Waals surface area contributed by atoms with E-state index in [4.69, 9.17) is 10.5 Å². The van der Waals surface area contributed by atoms with Gasteiger partial charge in [0.2, 0.25) is 5.91 Å². The van der Waals surface area contributed by atoms with Crippen LogP contribution in [0.2, 0.25) is 0 Å². The largest absolute Gasteiger partial charge is 0.397 e. The lowest BCUT2D eigenvalue weighted by Crippen LogP contribution is -2.38. The molecule has 0 radical (unpaired) electrons. The average molecular weight is 295 g/mol. The molecule has 6 heteroatoms. The van der Waals surface area contributed by atoms with E-state index in [1.807, 2.05) is 0 Å². The van der Waals surface area contributed by atoms with Crippen molar-refractivity contribution < 1.29 is 13.9 Å². The first-order valence-electron chi connectivity index (χ1n) is 7.18. The molecule has 3 N–H and O–H groups in total. The van der Waals surface area contributed by atoms with Crippen LogP contribution in [-0.2, 0) is 9.53 Å². The average Bonchev–Trinajstić information content (AvgIpc) is 2.48. The first kappa shape index (κ1) is 15.7. The van der Waals surface area contributed by atoms with Crippen LogP contribution in [0.25, 0.3) is 0 Å². The topological polar surface area (TPSA) is 67.6 Å². The van der Waals surface area contributed by atoms with Crippen molar-refractivity contribution in [1.29, 1.82) is 0 Å². The Morgan fingerprint density at radius 2 is 2.19 bits per heavy atom. The molecule has 2 rings (SSSR count). The number of amides is 1. The van der Waals surface area contributed by atoms with Gasteiger partial charge in [-0.1, -0.05) is 0 Å². The van der Waals surface area contributed by atoms with E-state index >= 15 is 0 Å². The minimum Gasteiger partial charge on any atom is -0.397 e. The third kappa shape index (κ3) is 4.68. The molecule has 1 aliphatic rings. The molecule has 1 aromatic carbocycles. The van der Waals surface area contributed by atoms with Gasteiger partial charge in [-0.3, -0.25) is 4.79 Å². The molecule has 1 fully saturated rings. The number of hydrogen-bond donors (Lipinski definition) is 2. The van der Waals surface area contributed by atoms with Gasteiger partial charge in [-0.2, -0.15) is 0 Å². The molecule has 1 aliphatic heterocycles. The van der Waals surface area contributed by atoms with Crippen molar-refractivity contribution in [2.24, 2.45) is 0 Å². The van der Waals surface area contributed by atoms with E-state index in [2.05, 4.69) is 10.2 Å². The second-order valence-electron chi connectivity index (χ2n) is 5.31. The summed E-state index contributed by atoms with van der Waals surface area (Å²) in [5, 5.41) is 2.71. The van der Waals surface area contributed by atoms with Gasteiger partial charge in [-0.25, -0.2) is 4.39 Å². The van der Waals surface area contributed by atoms with Crippen molar-refractivity contribution in [2.75, 3.05) is 37.8 Å². The van der Waals surface area contributed by atoms with Gasteiger partial charge in [-0.05, 0) is 31.0 Å². The highest BCUT2D eigenvalue weighted by molar-refractivity contribution is 5.93. The van der Waals surface area contributed by atoms with Gasteiger partial charge in [0.25, 0.3) is 0 Å². The number of methoxy groups -OCH3 is 1. The Balaban J connectivity index is 1.75. The molecular formula is C15H22FN3O2. The molecule has 1 saturated heterocycles. The number of piperidine rings is 1. The van der Waals surface area contributed by atoms with E-state index < -0.39 is 5.82 Å². The van der Waals surface area contributed by atoms with Gasteiger partial charge in [0.1, 0.15) is 5.82 Å². The molecule has 1 aromatic rings. The second-order valence-corrected chi connectivity index (χ2v) is 5.31. The number of ether oxygens (including phenoxy) is 1. The summed E-state index contributed by atoms with van der Waals surface area (Å²) in [5.74, 6) is -0.520. The highest BCUT2D eigenvalue weighted by Gasteiger charge is 2.19. The second kappa shape index (κ2) is 7.38. The quantitative estimate of drug-likeness (QED) is 0.814. The maximum absolute atomic E-state index is 12.9. The molecule has 5 nitrogen and oxygen atoms in total. The monoisotopic (exact) mass is 295 g/mol. The van der Waals surface area contributed by atoms with Crippen molar-refractivity contribution >= 4 is 17.3 Å². The first-order valence-corrected chi connectivity index (χ1v) is 7.18. The Hall–Kier alpha value is -1.66. The fourth-order valence-electron chi connectivity index (χ4n) is 2.49. The van der Waals surface area contributed by atoms with Crippen LogP contribution in [0.3, 0.4) is 0 Å². The molecule has 1 heterocycles. The summed E-state index contributed by atoms with van der Waals surface area (Å²) in [5.41, 5.74) is 6.36. The van der Waals surface area contributed by atoms with Gasteiger partial charge < -0.3 is 20.7 Å². The van der Waals surface area contributed by atoms with Crippen LogP contribution in [0.4, 0.5) is 15.8 Å². The number of rotatable bonds is 5. The normalized spacial score (nSPS) is 16.9. The Morgan fingerprint density at radius 3 is 2.81 bits per heavy atom. The SMILES string of the molecule is COC1CCN(CCC(=O)Nc2ccc(F)cc2N)CC1. The summed E-state index contributed by atoms with van der Waals surface area (Å²) >= 11 is 0. The molecule has 0 saturated carbocycles. The number of likely N-dealkylation sites (tertiary alicyclic amines) is 1. The van der Waals surface area contributed by atoms with Gasteiger partial charge in [0.05, 0.1) is 17.5 Å². The number of halogens is 1. The minimum atomic E-state index is -0.411. The van der Waals surface area contributed by atoms with E-state index in [9.17, 15) is 9.18 Å². The Kier molecular flexibility index (Phi) is 5.52. The summed E-state index contributed by atoms with van der Waals surface area (Å²) in [7, 11) is 1.74. The van der Waals surface area contributed by atoms with Crippen LogP contribution in [0, 0.1) is 5.82 Å². The van der Waals surface area contributed by atoms with Crippen molar-refractivity contribution in [1.82, 2.24) is 4.90 Å². The number of hydrogen-bond acceptors (Lipinski definition) is 4. The van der Waals surface area contributed by atoms with Crippen LogP contribution in [0.1, 0.15) is 19.3 Å². The molecule has 116 valence electrons. The van der Waals surface area contributed by atoms with Gasteiger partial charge >= 0.3 is 0 Å². The fraction of sp³-hybridized carbons (Fsp3) is 0.533. The predicted octanol–water partition coefficient (Wildman–Crippen LogP) is 1.85. The number of nitrogen functional groups attached to an aromatic ring is 1. The highest BCUT2D eigenvalue weighted by Crippen LogP contribution is 2.19. The number of nitrogens with one attached hydrogen (secondary N) is 1. The first-order chi connectivity index (χ1) is 10.1. The number of nitrogens with zero attached hydrogens (tertiary/aromatic N) is 1. The minimum absolute atomic E-state index is 0.109. The molecule has 0 atom stereocenters. The van der Waals surface area contributed by atoms with E-state index in [1.54, 1.807) is 7.11 Å². The lowest BCUT2D eigenvalue weighted by molar-refractivity contribution is -0.116. The molecule has 1 amide bonds. The third-order valence-corrected chi connectivity index (χ3v) is 3.81. The molecule has 0 aliphatic carbocycles. The van der Waals surface area contributed by atoms with Crippen molar-refractivity contribution in [3.8, 4) is 0 Å².